The van der Waals surface area contributed by atoms with Gasteiger partial charge in [0, 0.05) is 19.2 Å². The average Bonchev–Trinajstić information content (AvgIpc) is 3.10. The number of amides is 1. The Balaban J connectivity index is 1.81. The maximum Gasteiger partial charge on any atom is 0.234 e. The van der Waals surface area contributed by atoms with E-state index in [1.54, 1.807) is 0 Å². The summed E-state index contributed by atoms with van der Waals surface area (Å²) >= 11 is 0. The van der Waals surface area contributed by atoms with Gasteiger partial charge in [-0.15, -0.1) is 0 Å². The van der Waals surface area contributed by atoms with Crippen LogP contribution in [0.15, 0.2) is 0 Å². The second kappa shape index (κ2) is 8.26. The molecule has 6 nitrogen and oxygen atoms in total. The lowest BCUT2D eigenvalue weighted by Gasteiger charge is -2.27. The monoisotopic (exact) mass is 332 g/mol. The molecule has 2 rings (SSSR count). The highest BCUT2D eigenvalue weighted by Crippen LogP contribution is 2.18. The van der Waals surface area contributed by atoms with E-state index in [2.05, 4.69) is 12.2 Å². The molecule has 0 aliphatic carbocycles. The molecular weight excluding hydrogens is 304 g/mol. The predicted octanol–water partition coefficient (Wildman–Crippen LogP) is 0.571. The van der Waals surface area contributed by atoms with Gasteiger partial charge in [0.25, 0.3) is 0 Å². The van der Waals surface area contributed by atoms with Crippen LogP contribution >= 0.6 is 0 Å². The molecule has 0 aromatic heterocycles. The number of nitrogens with one attached hydrogen (secondary N) is 1. The Morgan fingerprint density at radius 2 is 2.18 bits per heavy atom. The van der Waals surface area contributed by atoms with Gasteiger partial charge in [-0.25, -0.2) is 8.42 Å². The van der Waals surface area contributed by atoms with Crippen LogP contribution in [-0.4, -0.2) is 69.1 Å². The smallest absolute Gasteiger partial charge is 0.234 e. The summed E-state index contributed by atoms with van der Waals surface area (Å²) in [5.74, 6) is 0.406. The van der Waals surface area contributed by atoms with Gasteiger partial charge in [0.2, 0.25) is 5.91 Å². The summed E-state index contributed by atoms with van der Waals surface area (Å²) in [4.78, 5) is 14.2. The average molecular weight is 332 g/mol. The number of rotatable bonds is 8. The van der Waals surface area contributed by atoms with Crippen LogP contribution in [0.2, 0.25) is 0 Å². The standard InChI is InChI=1S/C15H28N2O4S/c1-2-3-7-17(13-6-9-22(19,20)12-13)11-15(18)16-10-14-5-4-8-21-14/h13-14H,2-12H2,1H3,(H,16,18). The molecule has 0 bridgehead atoms. The number of carbonyl (C=O) groups is 1. The van der Waals surface area contributed by atoms with Crippen LogP contribution in [0.1, 0.15) is 39.0 Å². The van der Waals surface area contributed by atoms with Gasteiger partial charge < -0.3 is 10.1 Å². The van der Waals surface area contributed by atoms with Gasteiger partial charge in [0.15, 0.2) is 9.84 Å². The number of sulfone groups is 1. The molecule has 2 unspecified atom stereocenters. The van der Waals surface area contributed by atoms with E-state index >= 15 is 0 Å². The topological polar surface area (TPSA) is 75.7 Å². The van der Waals surface area contributed by atoms with E-state index in [1.807, 2.05) is 4.90 Å². The lowest BCUT2D eigenvalue weighted by Crippen LogP contribution is -2.45. The minimum Gasteiger partial charge on any atom is -0.376 e. The van der Waals surface area contributed by atoms with E-state index in [9.17, 15) is 13.2 Å². The Hall–Kier alpha value is -0.660. The van der Waals surface area contributed by atoms with Gasteiger partial charge >= 0.3 is 0 Å². The summed E-state index contributed by atoms with van der Waals surface area (Å²) in [6.07, 6.45) is 4.86. The van der Waals surface area contributed by atoms with Crippen LogP contribution in [0.4, 0.5) is 0 Å². The predicted molar refractivity (Wildman–Crippen MR) is 85.5 cm³/mol. The number of hydrogen-bond donors (Lipinski definition) is 1. The van der Waals surface area contributed by atoms with Crippen LogP contribution in [0.5, 0.6) is 0 Å². The zero-order valence-electron chi connectivity index (χ0n) is 13.4. The van der Waals surface area contributed by atoms with Gasteiger partial charge in [-0.1, -0.05) is 13.3 Å². The Morgan fingerprint density at radius 1 is 1.36 bits per heavy atom. The van der Waals surface area contributed by atoms with Crippen molar-refractivity contribution >= 4 is 15.7 Å². The van der Waals surface area contributed by atoms with Crippen molar-refractivity contribution < 1.29 is 17.9 Å². The zero-order valence-corrected chi connectivity index (χ0v) is 14.2. The lowest BCUT2D eigenvalue weighted by molar-refractivity contribution is -0.123. The van der Waals surface area contributed by atoms with Crippen molar-refractivity contribution in [3.8, 4) is 0 Å². The second-order valence-corrected chi connectivity index (χ2v) is 8.55. The van der Waals surface area contributed by atoms with E-state index in [0.29, 0.717) is 13.0 Å². The Morgan fingerprint density at radius 3 is 2.77 bits per heavy atom. The minimum absolute atomic E-state index is 0.00923. The van der Waals surface area contributed by atoms with E-state index in [-0.39, 0.29) is 36.1 Å². The molecule has 2 aliphatic rings. The minimum atomic E-state index is -2.92. The number of unbranched alkanes of at least 4 members (excludes halogenated alkanes) is 1. The summed E-state index contributed by atoms with van der Waals surface area (Å²) < 4.78 is 28.8. The molecule has 2 saturated heterocycles. The molecule has 128 valence electrons. The Labute approximate surface area is 133 Å². The van der Waals surface area contributed by atoms with Crippen LogP contribution in [-0.2, 0) is 19.4 Å². The second-order valence-electron chi connectivity index (χ2n) is 6.32. The first-order valence-corrected chi connectivity index (χ1v) is 10.1. The normalized spacial score (nSPS) is 27.4. The summed E-state index contributed by atoms with van der Waals surface area (Å²) in [5.41, 5.74) is 0. The van der Waals surface area contributed by atoms with Crippen molar-refractivity contribution in [3.05, 3.63) is 0 Å². The van der Waals surface area contributed by atoms with Crippen LogP contribution < -0.4 is 5.32 Å². The molecule has 2 heterocycles. The van der Waals surface area contributed by atoms with Gasteiger partial charge in [-0.3, -0.25) is 9.69 Å². The van der Waals surface area contributed by atoms with Crippen molar-refractivity contribution in [2.75, 3.05) is 37.7 Å². The first-order chi connectivity index (χ1) is 10.5. The van der Waals surface area contributed by atoms with Crippen molar-refractivity contribution in [2.24, 2.45) is 0 Å². The summed E-state index contributed by atoms with van der Waals surface area (Å²) in [5, 5.41) is 2.92. The molecule has 0 saturated carbocycles. The third-order valence-electron chi connectivity index (χ3n) is 4.42. The van der Waals surface area contributed by atoms with Crippen molar-refractivity contribution in [3.63, 3.8) is 0 Å². The highest BCUT2D eigenvalue weighted by atomic mass is 32.2. The molecule has 1 amide bonds. The summed E-state index contributed by atoms with van der Waals surface area (Å²) in [6.45, 7) is 4.50. The van der Waals surface area contributed by atoms with E-state index < -0.39 is 9.84 Å². The Bertz CT molecular complexity index is 460. The lowest BCUT2D eigenvalue weighted by atomic mass is 10.2. The number of nitrogens with zero attached hydrogens (tertiary/aromatic N) is 1. The maximum absolute atomic E-state index is 12.1. The largest absolute Gasteiger partial charge is 0.376 e. The first-order valence-electron chi connectivity index (χ1n) is 8.33. The Kier molecular flexibility index (Phi) is 6.65. The fourth-order valence-electron chi connectivity index (χ4n) is 3.09. The van der Waals surface area contributed by atoms with Crippen molar-refractivity contribution in [1.82, 2.24) is 10.2 Å². The molecule has 0 radical (unpaired) electrons. The summed E-state index contributed by atoms with van der Waals surface area (Å²) in [6, 6.07) is -0.00923. The fourth-order valence-corrected chi connectivity index (χ4v) is 4.85. The number of carbonyl (C=O) groups excluding carboxylic acids is 1. The summed E-state index contributed by atoms with van der Waals surface area (Å²) in [7, 11) is -2.92. The van der Waals surface area contributed by atoms with Gasteiger partial charge in [0.1, 0.15) is 0 Å². The van der Waals surface area contributed by atoms with E-state index in [0.717, 1.165) is 38.8 Å². The number of ether oxygens (including phenoxy) is 1. The molecule has 22 heavy (non-hydrogen) atoms. The third kappa shape index (κ3) is 5.52. The molecule has 2 aliphatic heterocycles. The molecule has 2 fully saturated rings. The van der Waals surface area contributed by atoms with Crippen molar-refractivity contribution in [2.45, 2.75) is 51.2 Å². The van der Waals surface area contributed by atoms with Crippen LogP contribution in [0.25, 0.3) is 0 Å². The molecule has 0 aromatic rings. The molecular formula is C15H28N2O4S. The van der Waals surface area contributed by atoms with Gasteiger partial charge in [-0.05, 0) is 32.2 Å². The van der Waals surface area contributed by atoms with E-state index in [1.165, 1.54) is 0 Å². The highest BCUT2D eigenvalue weighted by Gasteiger charge is 2.32. The highest BCUT2D eigenvalue weighted by molar-refractivity contribution is 7.91. The molecule has 1 N–H and O–H groups in total. The van der Waals surface area contributed by atoms with Crippen LogP contribution in [0.3, 0.4) is 0 Å². The third-order valence-corrected chi connectivity index (χ3v) is 6.17. The van der Waals surface area contributed by atoms with Gasteiger partial charge in [0.05, 0.1) is 24.2 Å². The SMILES string of the molecule is CCCCN(CC(=O)NCC1CCCO1)C1CCS(=O)(=O)C1. The van der Waals surface area contributed by atoms with Gasteiger partial charge in [-0.2, -0.15) is 0 Å². The fraction of sp³-hybridized carbons (Fsp3) is 0.933. The molecule has 0 aromatic carbocycles. The molecule has 0 spiro atoms. The molecule has 7 heteroatoms. The van der Waals surface area contributed by atoms with Crippen molar-refractivity contribution in [1.29, 1.82) is 0 Å². The molecule has 2 atom stereocenters. The first kappa shape index (κ1) is 17.7. The van der Waals surface area contributed by atoms with E-state index in [4.69, 9.17) is 4.74 Å². The number of hydrogen-bond acceptors (Lipinski definition) is 5. The van der Waals surface area contributed by atoms with Crippen LogP contribution in [0, 0.1) is 0 Å². The quantitative estimate of drug-likeness (QED) is 0.703. The zero-order chi connectivity index (χ0) is 16.0. The maximum atomic E-state index is 12.1.